The number of amides is 1. The zero-order valence-corrected chi connectivity index (χ0v) is 10.9. The second kappa shape index (κ2) is 5.66. The summed E-state index contributed by atoms with van der Waals surface area (Å²) >= 11 is 1.35. The minimum Gasteiger partial charge on any atom is -0.481 e. The Morgan fingerprint density at radius 2 is 2.05 bits per heavy atom. The molecule has 0 bridgehead atoms. The van der Waals surface area contributed by atoms with Crippen molar-refractivity contribution in [3.05, 3.63) is 29.3 Å². The zero-order chi connectivity index (χ0) is 14.7. The van der Waals surface area contributed by atoms with Gasteiger partial charge in [-0.3, -0.25) is 9.59 Å². The van der Waals surface area contributed by atoms with Gasteiger partial charge in [0.1, 0.15) is 6.04 Å². The average molecular weight is 294 g/mol. The van der Waals surface area contributed by atoms with Gasteiger partial charge in [-0.25, -0.2) is 9.78 Å². The summed E-state index contributed by atoms with van der Waals surface area (Å²) in [5, 5.41) is 19.7. The van der Waals surface area contributed by atoms with Crippen LogP contribution in [0, 0.1) is 0 Å². The fourth-order valence-electron chi connectivity index (χ4n) is 1.61. The molecular weight excluding hydrogens is 284 g/mol. The SMILES string of the molecule is O=C(O)CC(NC(=O)c1ccc2ncsc2c1)C(=O)O. The van der Waals surface area contributed by atoms with Gasteiger partial charge in [0.15, 0.2) is 0 Å². The van der Waals surface area contributed by atoms with Crippen LogP contribution in [0.5, 0.6) is 0 Å². The molecular formula is C12H10N2O5S. The summed E-state index contributed by atoms with van der Waals surface area (Å²) in [4.78, 5) is 37.4. The number of hydrogen-bond donors (Lipinski definition) is 3. The van der Waals surface area contributed by atoms with Gasteiger partial charge >= 0.3 is 11.9 Å². The second-order valence-electron chi connectivity index (χ2n) is 4.00. The Morgan fingerprint density at radius 3 is 2.70 bits per heavy atom. The number of nitrogens with one attached hydrogen (secondary N) is 1. The van der Waals surface area contributed by atoms with Crippen molar-refractivity contribution >= 4 is 39.4 Å². The van der Waals surface area contributed by atoms with Gasteiger partial charge in [0.2, 0.25) is 0 Å². The Bertz CT molecular complexity index is 681. The van der Waals surface area contributed by atoms with E-state index in [9.17, 15) is 14.4 Å². The van der Waals surface area contributed by atoms with Crippen molar-refractivity contribution < 1.29 is 24.6 Å². The number of carbonyl (C=O) groups excluding carboxylic acids is 1. The summed E-state index contributed by atoms with van der Waals surface area (Å²) in [6.07, 6.45) is -0.677. The van der Waals surface area contributed by atoms with Crippen LogP contribution in [-0.2, 0) is 9.59 Å². The number of carboxylic acids is 2. The molecule has 0 aliphatic rings. The summed E-state index contributed by atoms with van der Waals surface area (Å²) < 4.78 is 0.794. The highest BCUT2D eigenvalue weighted by molar-refractivity contribution is 7.16. The van der Waals surface area contributed by atoms with Gasteiger partial charge in [-0.15, -0.1) is 11.3 Å². The first-order chi connectivity index (χ1) is 9.47. The van der Waals surface area contributed by atoms with Crippen molar-refractivity contribution in [2.24, 2.45) is 0 Å². The van der Waals surface area contributed by atoms with Crippen molar-refractivity contribution in [2.75, 3.05) is 0 Å². The Morgan fingerprint density at radius 1 is 1.30 bits per heavy atom. The molecule has 104 valence electrons. The van der Waals surface area contributed by atoms with Gasteiger partial charge in [-0.2, -0.15) is 0 Å². The molecule has 0 fully saturated rings. The van der Waals surface area contributed by atoms with Crippen LogP contribution in [0.2, 0.25) is 0 Å². The molecule has 1 aromatic carbocycles. The largest absolute Gasteiger partial charge is 0.481 e. The number of nitrogens with zero attached hydrogens (tertiary/aromatic N) is 1. The normalized spacial score (nSPS) is 12.0. The summed E-state index contributed by atoms with van der Waals surface area (Å²) in [6, 6.07) is 3.28. The summed E-state index contributed by atoms with van der Waals surface area (Å²) in [5.74, 6) is -3.32. The minimum atomic E-state index is -1.46. The molecule has 0 spiro atoms. The van der Waals surface area contributed by atoms with Crippen LogP contribution < -0.4 is 5.32 Å². The third kappa shape index (κ3) is 3.09. The molecule has 0 aliphatic carbocycles. The Labute approximate surface area is 116 Å². The van der Waals surface area contributed by atoms with Crippen LogP contribution in [0.25, 0.3) is 10.2 Å². The molecule has 0 saturated heterocycles. The van der Waals surface area contributed by atoms with Gasteiger partial charge < -0.3 is 15.5 Å². The van der Waals surface area contributed by atoms with Gasteiger partial charge in [0.25, 0.3) is 5.91 Å². The van der Waals surface area contributed by atoms with Crippen LogP contribution in [0.15, 0.2) is 23.7 Å². The zero-order valence-electron chi connectivity index (χ0n) is 10.1. The van der Waals surface area contributed by atoms with Crippen molar-refractivity contribution in [1.29, 1.82) is 0 Å². The molecule has 2 rings (SSSR count). The molecule has 1 amide bonds. The predicted octanol–water partition coefficient (Wildman–Crippen LogP) is 0.954. The Balaban J connectivity index is 2.17. The van der Waals surface area contributed by atoms with Crippen molar-refractivity contribution in [3.8, 4) is 0 Å². The van der Waals surface area contributed by atoms with Gasteiger partial charge in [0, 0.05) is 5.56 Å². The quantitative estimate of drug-likeness (QED) is 0.756. The minimum absolute atomic E-state index is 0.262. The Kier molecular flexibility index (Phi) is 3.94. The molecule has 20 heavy (non-hydrogen) atoms. The van der Waals surface area contributed by atoms with E-state index < -0.39 is 30.3 Å². The first-order valence-corrected chi connectivity index (χ1v) is 6.44. The van der Waals surface area contributed by atoms with Crippen LogP contribution >= 0.6 is 11.3 Å². The number of aromatic nitrogens is 1. The lowest BCUT2D eigenvalue weighted by Crippen LogP contribution is -2.42. The molecule has 1 aromatic heterocycles. The van der Waals surface area contributed by atoms with Crippen LogP contribution in [0.3, 0.4) is 0 Å². The Hall–Kier alpha value is -2.48. The van der Waals surface area contributed by atoms with Crippen molar-refractivity contribution in [3.63, 3.8) is 0 Å². The molecule has 7 nitrogen and oxygen atoms in total. The highest BCUT2D eigenvalue weighted by atomic mass is 32.1. The van der Waals surface area contributed by atoms with Crippen molar-refractivity contribution in [2.45, 2.75) is 12.5 Å². The molecule has 1 heterocycles. The van der Waals surface area contributed by atoms with Crippen LogP contribution in [0.4, 0.5) is 0 Å². The average Bonchev–Trinajstić information content (AvgIpc) is 2.84. The number of benzene rings is 1. The maximum Gasteiger partial charge on any atom is 0.326 e. The smallest absolute Gasteiger partial charge is 0.326 e. The maximum absolute atomic E-state index is 11.9. The predicted molar refractivity (Wildman–Crippen MR) is 70.8 cm³/mol. The standard InChI is InChI=1S/C12H10N2O5S/c15-10(16)4-8(12(18)19)14-11(17)6-1-2-7-9(3-6)20-5-13-7/h1-3,5,8H,4H2,(H,14,17)(H,15,16)(H,18,19). The first-order valence-electron chi connectivity index (χ1n) is 5.56. The van der Waals surface area contributed by atoms with Gasteiger partial charge in [0.05, 0.1) is 22.1 Å². The van der Waals surface area contributed by atoms with Gasteiger partial charge in [-0.05, 0) is 18.2 Å². The van der Waals surface area contributed by atoms with E-state index in [2.05, 4.69) is 10.3 Å². The fourth-order valence-corrected chi connectivity index (χ4v) is 2.33. The third-order valence-electron chi connectivity index (χ3n) is 2.58. The summed E-state index contributed by atoms with van der Waals surface area (Å²) in [6.45, 7) is 0. The van der Waals surface area contributed by atoms with E-state index >= 15 is 0 Å². The van der Waals surface area contributed by atoms with E-state index in [1.165, 1.54) is 17.4 Å². The number of hydrogen-bond acceptors (Lipinski definition) is 5. The second-order valence-corrected chi connectivity index (χ2v) is 4.88. The van der Waals surface area contributed by atoms with E-state index in [1.807, 2.05) is 0 Å². The number of carbonyl (C=O) groups is 3. The van der Waals surface area contributed by atoms with Gasteiger partial charge in [-0.1, -0.05) is 0 Å². The number of fused-ring (bicyclic) bond motifs is 1. The third-order valence-corrected chi connectivity index (χ3v) is 3.37. The molecule has 0 aliphatic heterocycles. The summed E-state index contributed by atoms with van der Waals surface area (Å²) in [5.41, 5.74) is 2.64. The van der Waals surface area contributed by atoms with E-state index in [4.69, 9.17) is 10.2 Å². The topological polar surface area (TPSA) is 117 Å². The molecule has 2 aromatic rings. The number of aliphatic carboxylic acids is 2. The molecule has 3 N–H and O–H groups in total. The molecule has 0 saturated carbocycles. The molecule has 1 unspecified atom stereocenters. The summed E-state index contributed by atoms with van der Waals surface area (Å²) in [7, 11) is 0. The highest BCUT2D eigenvalue weighted by Gasteiger charge is 2.23. The van der Waals surface area contributed by atoms with Crippen LogP contribution in [-0.4, -0.2) is 39.1 Å². The molecule has 1 atom stereocenters. The molecule has 8 heteroatoms. The number of rotatable bonds is 5. The van der Waals surface area contributed by atoms with E-state index in [0.29, 0.717) is 0 Å². The lowest BCUT2D eigenvalue weighted by atomic mass is 10.1. The number of carboxylic acid groups (broad SMARTS) is 2. The number of thiazole rings is 1. The lowest BCUT2D eigenvalue weighted by Gasteiger charge is -2.12. The van der Waals surface area contributed by atoms with E-state index in [-0.39, 0.29) is 5.56 Å². The monoisotopic (exact) mass is 294 g/mol. The van der Waals surface area contributed by atoms with Crippen molar-refractivity contribution in [1.82, 2.24) is 10.3 Å². The van der Waals surface area contributed by atoms with E-state index in [0.717, 1.165) is 10.2 Å². The fraction of sp³-hybridized carbons (Fsp3) is 0.167. The lowest BCUT2D eigenvalue weighted by molar-refractivity contribution is -0.145. The van der Waals surface area contributed by atoms with E-state index in [1.54, 1.807) is 17.6 Å². The first kappa shape index (κ1) is 13.9. The molecule has 0 radical (unpaired) electrons. The highest BCUT2D eigenvalue weighted by Crippen LogP contribution is 2.19. The maximum atomic E-state index is 11.9. The van der Waals surface area contributed by atoms with Crippen LogP contribution in [0.1, 0.15) is 16.8 Å².